The molecule has 0 fully saturated rings. The fourth-order valence-electron chi connectivity index (χ4n) is 3.07. The summed E-state index contributed by atoms with van der Waals surface area (Å²) in [6, 6.07) is 15.9. The molecule has 3 rings (SSSR count). The summed E-state index contributed by atoms with van der Waals surface area (Å²) < 4.78 is 11.3. The van der Waals surface area contributed by atoms with E-state index in [1.165, 1.54) is 24.0 Å². The van der Waals surface area contributed by atoms with Crippen LogP contribution in [0.4, 0.5) is 0 Å². The first-order valence-electron chi connectivity index (χ1n) is 8.75. The van der Waals surface area contributed by atoms with Crippen molar-refractivity contribution >= 4 is 5.97 Å². The standard InChI is InChI=1S/C21H24O3/c1-2-20(21(22)23-15-16-8-4-3-5-9-16)24-19-13-12-17-10-6-7-11-18(17)14-19/h3-5,8-9,12-14,20H,2,6-7,10-11,15H2,1H3. The van der Waals surface area contributed by atoms with Crippen molar-refractivity contribution in [2.24, 2.45) is 0 Å². The van der Waals surface area contributed by atoms with E-state index < -0.39 is 6.10 Å². The van der Waals surface area contributed by atoms with Crippen molar-refractivity contribution in [3.05, 3.63) is 65.2 Å². The Morgan fingerprint density at radius 1 is 1.04 bits per heavy atom. The van der Waals surface area contributed by atoms with Crippen LogP contribution in [-0.2, 0) is 29.0 Å². The molecule has 0 N–H and O–H groups in total. The summed E-state index contributed by atoms with van der Waals surface area (Å²) in [6.45, 7) is 2.22. The summed E-state index contributed by atoms with van der Waals surface area (Å²) in [5.41, 5.74) is 3.74. The monoisotopic (exact) mass is 324 g/mol. The fraction of sp³-hybridized carbons (Fsp3) is 0.381. The Morgan fingerprint density at radius 3 is 2.54 bits per heavy atom. The molecular weight excluding hydrogens is 300 g/mol. The number of ether oxygens (including phenoxy) is 2. The van der Waals surface area contributed by atoms with Crippen molar-refractivity contribution in [1.82, 2.24) is 0 Å². The van der Waals surface area contributed by atoms with Crippen molar-refractivity contribution < 1.29 is 14.3 Å². The summed E-state index contributed by atoms with van der Waals surface area (Å²) >= 11 is 0. The first-order valence-corrected chi connectivity index (χ1v) is 8.75. The molecule has 1 aliphatic carbocycles. The minimum absolute atomic E-state index is 0.281. The number of hydrogen-bond donors (Lipinski definition) is 0. The third-order valence-electron chi connectivity index (χ3n) is 4.46. The number of aryl methyl sites for hydroxylation is 2. The van der Waals surface area contributed by atoms with E-state index in [0.29, 0.717) is 6.42 Å². The van der Waals surface area contributed by atoms with Crippen LogP contribution in [0.5, 0.6) is 5.75 Å². The highest BCUT2D eigenvalue weighted by molar-refractivity contribution is 5.75. The van der Waals surface area contributed by atoms with Crippen molar-refractivity contribution in [2.75, 3.05) is 0 Å². The summed E-state index contributed by atoms with van der Waals surface area (Å²) in [4.78, 5) is 12.3. The smallest absolute Gasteiger partial charge is 0.347 e. The SMILES string of the molecule is CCC(Oc1ccc2c(c1)CCCC2)C(=O)OCc1ccccc1. The summed E-state index contributed by atoms with van der Waals surface area (Å²) in [5, 5.41) is 0. The van der Waals surface area contributed by atoms with Crippen molar-refractivity contribution in [1.29, 1.82) is 0 Å². The van der Waals surface area contributed by atoms with Gasteiger partial charge in [-0.25, -0.2) is 4.79 Å². The zero-order valence-electron chi connectivity index (χ0n) is 14.2. The summed E-state index contributed by atoms with van der Waals surface area (Å²) in [5.74, 6) is 0.457. The lowest BCUT2D eigenvalue weighted by Gasteiger charge is -2.20. The van der Waals surface area contributed by atoms with E-state index in [1.54, 1.807) is 0 Å². The van der Waals surface area contributed by atoms with Crippen molar-refractivity contribution in [2.45, 2.75) is 51.7 Å². The maximum absolute atomic E-state index is 12.3. The molecule has 1 unspecified atom stereocenters. The lowest BCUT2D eigenvalue weighted by Crippen LogP contribution is -2.28. The normalized spacial score (nSPS) is 14.5. The zero-order chi connectivity index (χ0) is 16.8. The average molecular weight is 324 g/mol. The van der Waals surface area contributed by atoms with Gasteiger partial charge in [-0.15, -0.1) is 0 Å². The van der Waals surface area contributed by atoms with Gasteiger partial charge in [0.25, 0.3) is 0 Å². The summed E-state index contributed by atoms with van der Waals surface area (Å²) in [6.07, 6.45) is 4.76. The Labute approximate surface area is 143 Å². The van der Waals surface area contributed by atoms with E-state index in [1.807, 2.05) is 43.3 Å². The van der Waals surface area contributed by atoms with E-state index in [4.69, 9.17) is 9.47 Å². The van der Waals surface area contributed by atoms with E-state index in [9.17, 15) is 4.79 Å². The minimum Gasteiger partial charge on any atom is -0.479 e. The van der Waals surface area contributed by atoms with Gasteiger partial charge < -0.3 is 9.47 Å². The van der Waals surface area contributed by atoms with Gasteiger partial charge in [0.1, 0.15) is 12.4 Å². The van der Waals surface area contributed by atoms with Crippen LogP contribution in [0.2, 0.25) is 0 Å². The second-order valence-electron chi connectivity index (χ2n) is 6.25. The molecule has 0 bridgehead atoms. The second kappa shape index (κ2) is 8.00. The molecule has 1 aliphatic rings. The minimum atomic E-state index is -0.560. The maximum Gasteiger partial charge on any atom is 0.347 e. The van der Waals surface area contributed by atoms with Crippen LogP contribution < -0.4 is 4.74 Å². The number of carbonyl (C=O) groups excluding carboxylic acids is 1. The van der Waals surface area contributed by atoms with Gasteiger partial charge in [0.15, 0.2) is 6.10 Å². The first kappa shape index (κ1) is 16.6. The van der Waals surface area contributed by atoms with Crippen LogP contribution in [0.25, 0.3) is 0 Å². The number of esters is 1. The number of benzene rings is 2. The number of rotatable bonds is 6. The molecule has 0 heterocycles. The third kappa shape index (κ3) is 4.16. The molecule has 1 atom stereocenters. The van der Waals surface area contributed by atoms with Gasteiger partial charge in [0.05, 0.1) is 0 Å². The highest BCUT2D eigenvalue weighted by atomic mass is 16.6. The second-order valence-corrected chi connectivity index (χ2v) is 6.25. The maximum atomic E-state index is 12.3. The van der Waals surface area contributed by atoms with E-state index in [0.717, 1.165) is 24.2 Å². The van der Waals surface area contributed by atoms with Crippen molar-refractivity contribution in [3.63, 3.8) is 0 Å². The number of carbonyl (C=O) groups is 1. The molecule has 24 heavy (non-hydrogen) atoms. The van der Waals surface area contributed by atoms with Gasteiger partial charge in [-0.05, 0) is 60.9 Å². The highest BCUT2D eigenvalue weighted by Crippen LogP contribution is 2.26. The highest BCUT2D eigenvalue weighted by Gasteiger charge is 2.21. The number of fused-ring (bicyclic) bond motifs is 1. The molecule has 0 amide bonds. The lowest BCUT2D eigenvalue weighted by atomic mass is 9.92. The van der Waals surface area contributed by atoms with Crippen LogP contribution >= 0.6 is 0 Å². The zero-order valence-corrected chi connectivity index (χ0v) is 14.2. The predicted octanol–water partition coefficient (Wildman–Crippen LogP) is 4.47. The van der Waals surface area contributed by atoms with E-state index in [2.05, 4.69) is 12.1 Å². The largest absolute Gasteiger partial charge is 0.479 e. The third-order valence-corrected chi connectivity index (χ3v) is 4.46. The Kier molecular flexibility index (Phi) is 5.52. The number of hydrogen-bond acceptors (Lipinski definition) is 3. The van der Waals surface area contributed by atoms with Crippen molar-refractivity contribution in [3.8, 4) is 5.75 Å². The van der Waals surface area contributed by atoms with Crippen LogP contribution in [0.1, 0.15) is 42.9 Å². The van der Waals surface area contributed by atoms with Crippen LogP contribution in [-0.4, -0.2) is 12.1 Å². The molecule has 0 spiro atoms. The van der Waals surface area contributed by atoms with Gasteiger partial charge in [-0.1, -0.05) is 43.3 Å². The quantitative estimate of drug-likeness (QED) is 0.736. The molecule has 0 saturated heterocycles. The molecule has 3 nitrogen and oxygen atoms in total. The van der Waals surface area contributed by atoms with E-state index in [-0.39, 0.29) is 12.6 Å². The first-order chi connectivity index (χ1) is 11.8. The van der Waals surface area contributed by atoms with E-state index >= 15 is 0 Å². The Hall–Kier alpha value is -2.29. The van der Waals surface area contributed by atoms with Crippen LogP contribution in [0, 0.1) is 0 Å². The summed E-state index contributed by atoms with van der Waals surface area (Å²) in [7, 11) is 0. The molecule has 2 aromatic rings. The van der Waals surface area contributed by atoms with Crippen LogP contribution in [0.15, 0.2) is 48.5 Å². The average Bonchev–Trinajstić information content (AvgIpc) is 2.65. The van der Waals surface area contributed by atoms with Gasteiger partial charge >= 0.3 is 5.97 Å². The van der Waals surface area contributed by atoms with Gasteiger partial charge in [-0.3, -0.25) is 0 Å². The van der Waals surface area contributed by atoms with Crippen LogP contribution in [0.3, 0.4) is 0 Å². The Balaban J connectivity index is 1.60. The molecule has 2 aromatic carbocycles. The molecule has 126 valence electrons. The molecule has 3 heteroatoms. The van der Waals surface area contributed by atoms with Gasteiger partial charge in [0, 0.05) is 0 Å². The molecule has 0 saturated carbocycles. The predicted molar refractivity (Wildman–Crippen MR) is 94.0 cm³/mol. The van der Waals surface area contributed by atoms with Gasteiger partial charge in [0.2, 0.25) is 0 Å². The Morgan fingerprint density at radius 2 is 1.79 bits per heavy atom. The lowest BCUT2D eigenvalue weighted by molar-refractivity contribution is -0.153. The van der Waals surface area contributed by atoms with Gasteiger partial charge in [-0.2, -0.15) is 0 Å². The topological polar surface area (TPSA) is 35.5 Å². The molecule has 0 aliphatic heterocycles. The molecule has 0 aromatic heterocycles. The molecular formula is C21H24O3. The fourth-order valence-corrected chi connectivity index (χ4v) is 3.07. The molecule has 0 radical (unpaired) electrons. The Bertz CT molecular complexity index is 679.